The van der Waals surface area contributed by atoms with E-state index in [0.717, 1.165) is 30.7 Å². The van der Waals surface area contributed by atoms with Crippen molar-refractivity contribution in [1.29, 1.82) is 0 Å². The molecule has 2 N–H and O–H groups in total. The number of anilines is 1. The summed E-state index contributed by atoms with van der Waals surface area (Å²) < 4.78 is 5.81. The minimum absolute atomic E-state index is 0.0339. The van der Waals surface area contributed by atoms with Crippen LogP contribution in [0.25, 0.3) is 0 Å². The predicted molar refractivity (Wildman–Crippen MR) is 78.8 cm³/mol. The SMILES string of the molecule is CC1CN(C(=O)[C@@H]2CCC[C@@H]2CN)c2ccccc2O1. The Balaban J connectivity index is 1.88. The largest absolute Gasteiger partial charge is 0.487 e. The molecule has 1 heterocycles. The number of carbonyl (C=O) groups is 1. The number of nitrogens with zero attached hydrogens (tertiary/aromatic N) is 1. The topological polar surface area (TPSA) is 55.6 Å². The van der Waals surface area contributed by atoms with Gasteiger partial charge in [-0.15, -0.1) is 0 Å². The van der Waals surface area contributed by atoms with Crippen LogP contribution in [0.1, 0.15) is 26.2 Å². The number of ether oxygens (including phenoxy) is 1. The summed E-state index contributed by atoms with van der Waals surface area (Å²) in [6.07, 6.45) is 3.19. The van der Waals surface area contributed by atoms with E-state index in [-0.39, 0.29) is 17.9 Å². The standard InChI is InChI=1S/C16H22N2O2/c1-11-10-18(14-7-2-3-8-15(14)20-11)16(19)13-6-4-5-12(13)9-17/h2-3,7-8,11-13H,4-6,9-10,17H2,1H3/t11?,12-,13-/m1/s1. The Hall–Kier alpha value is -1.55. The van der Waals surface area contributed by atoms with Crippen LogP contribution in [0.5, 0.6) is 5.75 Å². The zero-order valence-corrected chi connectivity index (χ0v) is 11.9. The molecule has 0 saturated heterocycles. The molecule has 1 fully saturated rings. The molecule has 1 amide bonds. The van der Waals surface area contributed by atoms with Crippen LogP contribution in [0.4, 0.5) is 5.69 Å². The van der Waals surface area contributed by atoms with Crippen LogP contribution in [0.2, 0.25) is 0 Å². The predicted octanol–water partition coefficient (Wildman–Crippen LogP) is 2.18. The molecule has 4 nitrogen and oxygen atoms in total. The van der Waals surface area contributed by atoms with Gasteiger partial charge in [-0.25, -0.2) is 0 Å². The lowest BCUT2D eigenvalue weighted by Crippen LogP contribution is -2.46. The first-order valence-corrected chi connectivity index (χ1v) is 7.48. The van der Waals surface area contributed by atoms with Crippen molar-refractivity contribution in [3.8, 4) is 5.75 Å². The van der Waals surface area contributed by atoms with Gasteiger partial charge in [-0.1, -0.05) is 18.6 Å². The van der Waals surface area contributed by atoms with Crippen LogP contribution in [-0.4, -0.2) is 25.1 Å². The second-order valence-corrected chi connectivity index (χ2v) is 5.88. The van der Waals surface area contributed by atoms with E-state index in [2.05, 4.69) is 0 Å². The molecule has 2 aliphatic rings. The Morgan fingerprint density at radius 3 is 3.00 bits per heavy atom. The quantitative estimate of drug-likeness (QED) is 0.899. The van der Waals surface area contributed by atoms with Crippen molar-refractivity contribution >= 4 is 11.6 Å². The van der Waals surface area contributed by atoms with Crippen molar-refractivity contribution in [2.45, 2.75) is 32.3 Å². The molecule has 0 bridgehead atoms. The Morgan fingerprint density at radius 2 is 2.20 bits per heavy atom. The highest BCUT2D eigenvalue weighted by Gasteiger charge is 2.37. The van der Waals surface area contributed by atoms with Gasteiger partial charge in [0.05, 0.1) is 12.2 Å². The minimum Gasteiger partial charge on any atom is -0.487 e. The monoisotopic (exact) mass is 274 g/mol. The molecule has 1 aromatic carbocycles. The minimum atomic E-state index is 0.0339. The molecule has 4 heteroatoms. The Bertz CT molecular complexity index is 503. The Labute approximate surface area is 119 Å². The van der Waals surface area contributed by atoms with Gasteiger partial charge in [0.2, 0.25) is 5.91 Å². The van der Waals surface area contributed by atoms with E-state index < -0.39 is 0 Å². The maximum Gasteiger partial charge on any atom is 0.230 e. The van der Waals surface area contributed by atoms with Crippen molar-refractivity contribution in [3.63, 3.8) is 0 Å². The fraction of sp³-hybridized carbons (Fsp3) is 0.562. The molecule has 1 aliphatic heterocycles. The zero-order valence-electron chi connectivity index (χ0n) is 11.9. The van der Waals surface area contributed by atoms with Crippen LogP contribution >= 0.6 is 0 Å². The highest BCUT2D eigenvalue weighted by molar-refractivity contribution is 5.97. The average Bonchev–Trinajstić information content (AvgIpc) is 2.94. The van der Waals surface area contributed by atoms with Crippen LogP contribution in [0, 0.1) is 11.8 Å². The van der Waals surface area contributed by atoms with E-state index in [4.69, 9.17) is 10.5 Å². The number of amides is 1. The molecule has 0 spiro atoms. The molecule has 0 aromatic heterocycles. The van der Waals surface area contributed by atoms with Crippen molar-refractivity contribution in [3.05, 3.63) is 24.3 Å². The number of rotatable bonds is 2. The molecule has 1 aliphatic carbocycles. The maximum absolute atomic E-state index is 12.9. The molecule has 20 heavy (non-hydrogen) atoms. The van der Waals surface area contributed by atoms with Gasteiger partial charge in [-0.05, 0) is 44.4 Å². The van der Waals surface area contributed by atoms with Crippen molar-refractivity contribution < 1.29 is 9.53 Å². The summed E-state index contributed by atoms with van der Waals surface area (Å²) in [5.74, 6) is 1.45. The van der Waals surface area contributed by atoms with E-state index in [0.29, 0.717) is 19.0 Å². The molecule has 3 rings (SSSR count). The number of hydrogen-bond acceptors (Lipinski definition) is 3. The van der Waals surface area contributed by atoms with Crippen LogP contribution in [0.15, 0.2) is 24.3 Å². The molecule has 1 saturated carbocycles. The third-order valence-electron chi connectivity index (χ3n) is 4.47. The maximum atomic E-state index is 12.9. The summed E-state index contributed by atoms with van der Waals surface area (Å²) >= 11 is 0. The molecular formula is C16H22N2O2. The summed E-state index contributed by atoms with van der Waals surface area (Å²) in [6, 6.07) is 7.79. The summed E-state index contributed by atoms with van der Waals surface area (Å²) in [7, 11) is 0. The number of carbonyl (C=O) groups excluding carboxylic acids is 1. The fourth-order valence-corrected chi connectivity index (χ4v) is 3.44. The van der Waals surface area contributed by atoms with Gasteiger partial charge >= 0.3 is 0 Å². The van der Waals surface area contributed by atoms with Crippen molar-refractivity contribution in [2.75, 3.05) is 18.0 Å². The molecule has 108 valence electrons. The van der Waals surface area contributed by atoms with E-state index in [1.54, 1.807) is 0 Å². The van der Waals surface area contributed by atoms with Crippen LogP contribution in [-0.2, 0) is 4.79 Å². The number of benzene rings is 1. The van der Waals surface area contributed by atoms with Gasteiger partial charge < -0.3 is 15.4 Å². The second-order valence-electron chi connectivity index (χ2n) is 5.88. The van der Waals surface area contributed by atoms with Gasteiger partial charge in [0.1, 0.15) is 11.9 Å². The third-order valence-corrected chi connectivity index (χ3v) is 4.47. The van der Waals surface area contributed by atoms with E-state index >= 15 is 0 Å². The zero-order chi connectivity index (χ0) is 14.1. The number of hydrogen-bond donors (Lipinski definition) is 1. The lowest BCUT2D eigenvalue weighted by Gasteiger charge is -2.35. The van der Waals surface area contributed by atoms with Gasteiger partial charge in [0.25, 0.3) is 0 Å². The van der Waals surface area contributed by atoms with E-state index in [9.17, 15) is 4.79 Å². The third kappa shape index (κ3) is 2.29. The molecular weight excluding hydrogens is 252 g/mol. The fourth-order valence-electron chi connectivity index (χ4n) is 3.44. The van der Waals surface area contributed by atoms with Gasteiger partial charge in [0.15, 0.2) is 0 Å². The molecule has 3 atom stereocenters. The van der Waals surface area contributed by atoms with Crippen LogP contribution in [0.3, 0.4) is 0 Å². The van der Waals surface area contributed by atoms with Crippen molar-refractivity contribution in [1.82, 2.24) is 0 Å². The Morgan fingerprint density at radius 1 is 1.40 bits per heavy atom. The summed E-state index contributed by atoms with van der Waals surface area (Å²) in [5.41, 5.74) is 6.72. The van der Waals surface area contributed by atoms with Gasteiger partial charge in [0, 0.05) is 5.92 Å². The van der Waals surface area contributed by atoms with E-state index in [1.807, 2.05) is 36.1 Å². The van der Waals surface area contributed by atoms with Crippen molar-refractivity contribution in [2.24, 2.45) is 17.6 Å². The van der Waals surface area contributed by atoms with Crippen LogP contribution < -0.4 is 15.4 Å². The normalized spacial score (nSPS) is 28.9. The highest BCUT2D eigenvalue weighted by atomic mass is 16.5. The lowest BCUT2D eigenvalue weighted by molar-refractivity contribution is -0.123. The lowest BCUT2D eigenvalue weighted by atomic mass is 9.94. The molecule has 1 unspecified atom stereocenters. The van der Waals surface area contributed by atoms with Gasteiger partial charge in [-0.2, -0.15) is 0 Å². The van der Waals surface area contributed by atoms with Gasteiger partial charge in [-0.3, -0.25) is 4.79 Å². The number of nitrogens with two attached hydrogens (primary N) is 1. The second kappa shape index (κ2) is 5.44. The Kier molecular flexibility index (Phi) is 3.66. The highest BCUT2D eigenvalue weighted by Crippen LogP contribution is 2.38. The number of para-hydroxylation sites is 2. The smallest absolute Gasteiger partial charge is 0.230 e. The average molecular weight is 274 g/mol. The summed E-state index contributed by atoms with van der Waals surface area (Å²) in [4.78, 5) is 14.8. The molecule has 1 aromatic rings. The van der Waals surface area contributed by atoms with E-state index in [1.165, 1.54) is 0 Å². The summed E-state index contributed by atoms with van der Waals surface area (Å²) in [6.45, 7) is 3.24. The summed E-state index contributed by atoms with van der Waals surface area (Å²) in [5, 5.41) is 0. The first-order valence-electron chi connectivity index (χ1n) is 7.48. The first-order chi connectivity index (χ1) is 9.70. The number of fused-ring (bicyclic) bond motifs is 1. The molecule has 0 radical (unpaired) electrons. The first kappa shape index (κ1) is 13.4.